The van der Waals surface area contributed by atoms with E-state index in [2.05, 4.69) is 22.1 Å². The van der Waals surface area contributed by atoms with Gasteiger partial charge in [0.2, 0.25) is 5.71 Å². The molecule has 285 valence electrons. The molecule has 0 N–H and O–H groups in total. The molecule has 56 heavy (non-hydrogen) atoms. The van der Waals surface area contributed by atoms with Crippen LogP contribution < -0.4 is 0 Å². The molecule has 0 saturated carbocycles. The summed E-state index contributed by atoms with van der Waals surface area (Å²) in [4.78, 5) is 13.6. The van der Waals surface area contributed by atoms with E-state index < -0.39 is 37.8 Å². The maximum Gasteiger partial charge on any atom is 0.216 e. The minimum absolute atomic E-state index is 0. The van der Waals surface area contributed by atoms with Crippen molar-refractivity contribution in [2.45, 2.75) is 73.4 Å². The van der Waals surface area contributed by atoms with E-state index in [4.69, 9.17) is 23.1 Å². The maximum absolute atomic E-state index is 9.15. The van der Waals surface area contributed by atoms with Gasteiger partial charge in [-0.05, 0) is 94.7 Å². The van der Waals surface area contributed by atoms with Gasteiger partial charge in [-0.3, -0.25) is 0 Å². The first-order chi connectivity index (χ1) is 30.4. The van der Waals surface area contributed by atoms with Crippen molar-refractivity contribution in [3.63, 3.8) is 0 Å². The monoisotopic (exact) mass is 922 g/mol. The Balaban J connectivity index is 0.000000357. The third kappa shape index (κ3) is 8.76. The Bertz CT molecular complexity index is 2940. The third-order valence-corrected chi connectivity index (χ3v) is 9.23. The van der Waals surface area contributed by atoms with Gasteiger partial charge in [0.1, 0.15) is 0 Å². The van der Waals surface area contributed by atoms with E-state index in [0.29, 0.717) is 33.8 Å². The molecule has 4 aromatic heterocycles. The van der Waals surface area contributed by atoms with Crippen LogP contribution in [0.1, 0.15) is 94.9 Å². The normalized spacial score (nSPS) is 15.0. The van der Waals surface area contributed by atoms with E-state index in [1.165, 1.54) is 18.5 Å². The van der Waals surface area contributed by atoms with Gasteiger partial charge in [-0.1, -0.05) is 119 Å². The van der Waals surface area contributed by atoms with E-state index in [-0.39, 0.29) is 36.8 Å². The van der Waals surface area contributed by atoms with Crippen molar-refractivity contribution in [2.24, 2.45) is 5.92 Å². The molecule has 0 amide bonds. The van der Waals surface area contributed by atoms with Gasteiger partial charge in [-0.15, -0.1) is 54.1 Å². The molecule has 5 heteroatoms. The van der Waals surface area contributed by atoms with Crippen LogP contribution in [-0.2, 0) is 26.5 Å². The summed E-state index contributed by atoms with van der Waals surface area (Å²) in [6.45, 7) is 6.09. The number of nitrogens with zero attached hydrogens (tertiary/aromatic N) is 3. The molecular weight excluding hydrogens is 863 g/mol. The molecule has 0 bridgehead atoms. The van der Waals surface area contributed by atoms with Crippen LogP contribution in [-0.4, -0.2) is 15.0 Å². The molecule has 0 aliphatic rings. The second kappa shape index (κ2) is 17.7. The molecule has 0 unspecified atom stereocenters. The minimum atomic E-state index is -2.57. The van der Waals surface area contributed by atoms with Crippen LogP contribution in [0.15, 0.2) is 126 Å². The fourth-order valence-electron chi connectivity index (χ4n) is 6.58. The van der Waals surface area contributed by atoms with Gasteiger partial charge < -0.3 is 14.4 Å². The predicted octanol–water partition coefficient (Wildman–Crippen LogP) is 13.8. The first-order valence-corrected chi connectivity index (χ1v) is 18.3. The van der Waals surface area contributed by atoms with E-state index in [0.717, 1.165) is 44.3 Å². The molecule has 8 rings (SSSR count). The van der Waals surface area contributed by atoms with Crippen LogP contribution >= 0.6 is 0 Å². The second-order valence-corrected chi connectivity index (χ2v) is 14.2. The molecule has 0 atom stereocenters. The Kier molecular flexibility index (Phi) is 9.20. The molecule has 0 fully saturated rings. The summed E-state index contributed by atoms with van der Waals surface area (Å²) in [5, 5.41) is 1.47. The fraction of sp³-hybridized carbons (Fsp3) is 0.235. The van der Waals surface area contributed by atoms with E-state index in [1.807, 2.05) is 107 Å². The summed E-state index contributed by atoms with van der Waals surface area (Å²) in [5.74, 6) is -2.50. The minimum Gasteiger partial charge on any atom is -0.486 e. The van der Waals surface area contributed by atoms with Crippen LogP contribution in [0.5, 0.6) is 0 Å². The molecule has 0 saturated heterocycles. The van der Waals surface area contributed by atoms with Gasteiger partial charge in [0, 0.05) is 57.2 Å². The van der Waals surface area contributed by atoms with Gasteiger partial charge in [0.25, 0.3) is 0 Å². The Morgan fingerprint density at radius 3 is 2.07 bits per heavy atom. The zero-order chi connectivity index (χ0) is 47.3. The zero-order valence-electron chi connectivity index (χ0n) is 42.2. The number of aromatic nitrogens is 3. The number of aryl methyl sites for hydroxylation is 2. The molecule has 0 aliphatic carbocycles. The molecule has 0 spiro atoms. The number of rotatable bonds is 8. The van der Waals surface area contributed by atoms with Crippen LogP contribution in [0.3, 0.4) is 0 Å². The number of pyridine rings is 3. The summed E-state index contributed by atoms with van der Waals surface area (Å²) in [7, 11) is 0. The summed E-state index contributed by atoms with van der Waals surface area (Å²) in [6, 6.07) is 39.7. The average molecular weight is 922 g/mol. The summed E-state index contributed by atoms with van der Waals surface area (Å²) in [5.41, 5.74) is 7.97. The van der Waals surface area contributed by atoms with Crippen LogP contribution in [0.25, 0.3) is 67.0 Å². The van der Waals surface area contributed by atoms with Crippen molar-refractivity contribution in [1.82, 2.24) is 15.0 Å². The summed E-state index contributed by atoms with van der Waals surface area (Å²) < 4.78 is 88.2. The van der Waals surface area contributed by atoms with Crippen molar-refractivity contribution in [3.05, 3.63) is 162 Å². The third-order valence-electron chi connectivity index (χ3n) is 9.23. The van der Waals surface area contributed by atoms with Crippen molar-refractivity contribution < 1.29 is 38.2 Å². The maximum atomic E-state index is 9.15. The van der Waals surface area contributed by atoms with Crippen LogP contribution in [0, 0.1) is 31.8 Å². The Labute approximate surface area is 359 Å². The van der Waals surface area contributed by atoms with Gasteiger partial charge in [0.15, 0.2) is 0 Å². The van der Waals surface area contributed by atoms with Gasteiger partial charge in [-0.2, -0.15) is 0 Å². The topological polar surface area (TPSA) is 51.8 Å². The predicted molar refractivity (Wildman–Crippen MR) is 229 cm³/mol. The molecule has 4 aromatic carbocycles. The molecule has 4 heterocycles. The van der Waals surface area contributed by atoms with Gasteiger partial charge >= 0.3 is 0 Å². The second-order valence-electron chi connectivity index (χ2n) is 14.2. The van der Waals surface area contributed by atoms with E-state index in [1.54, 1.807) is 38.1 Å². The SMILES string of the molecule is [2H]C([2H])([2H])c1cc(-c2[c-]ccc3c2oc2nc(-c4c(C([2H])(C)C)cc(-c5ccccc5)cc4C([2H])(C)C)ccc23)ncc1C([2H])([2H])C(C)C.[2H]C([2H])([2H])c1ccc(-c2[c-]cccc2)nc1.[Ir]. The molecule has 1 radical (unpaired) electrons. The standard InChI is InChI=1S/C39H39N2O.C12H10N.Ir/c1-23(2)18-29-22-40-36(19-26(29)7)32-15-11-14-30-31-16-17-35(41-39(31)42-38(30)32)37-33(24(3)4)20-28(21-34(37)25(5)6)27-12-9-8-10-13-27;1-10-7-8-12(13-9-10)11-5-3-2-4-6-11;/h8-14,16-17,19-25H,18H2,1-7H3;2-5,7-9H,1H3;/q2*-1;/i7D3,18D2,24D,25D;1D3;. The zero-order valence-corrected chi connectivity index (χ0v) is 34.6. The van der Waals surface area contributed by atoms with E-state index in [9.17, 15) is 0 Å². The number of fused-ring (bicyclic) bond motifs is 3. The average Bonchev–Trinajstić information content (AvgIpc) is 3.63. The van der Waals surface area contributed by atoms with Crippen molar-refractivity contribution in [3.8, 4) is 44.9 Å². The van der Waals surface area contributed by atoms with Crippen molar-refractivity contribution >= 4 is 22.1 Å². The Morgan fingerprint density at radius 2 is 1.43 bits per heavy atom. The number of benzene rings is 4. The smallest absolute Gasteiger partial charge is 0.216 e. The van der Waals surface area contributed by atoms with Crippen LogP contribution in [0.2, 0.25) is 0 Å². The molecule has 8 aromatic rings. The van der Waals surface area contributed by atoms with Crippen molar-refractivity contribution in [1.29, 1.82) is 0 Å². The van der Waals surface area contributed by atoms with E-state index >= 15 is 0 Å². The molecule has 4 nitrogen and oxygen atoms in total. The number of hydrogen-bond acceptors (Lipinski definition) is 4. The number of furan rings is 1. The van der Waals surface area contributed by atoms with Gasteiger partial charge in [0.05, 0.1) is 11.3 Å². The first kappa shape index (κ1) is 29.1. The summed E-state index contributed by atoms with van der Waals surface area (Å²) >= 11 is 0. The molecule has 0 aliphatic heterocycles. The Hall–Kier alpha value is -5.22. The Morgan fingerprint density at radius 1 is 0.696 bits per heavy atom. The molecular formula is C51H49IrN3O-2. The quantitative estimate of drug-likeness (QED) is 0.143. The van der Waals surface area contributed by atoms with Crippen molar-refractivity contribution in [2.75, 3.05) is 0 Å². The summed E-state index contributed by atoms with van der Waals surface area (Å²) in [6.07, 6.45) is 0.808. The number of hydrogen-bond donors (Lipinski definition) is 0. The first-order valence-electron chi connectivity index (χ1n) is 23.3. The largest absolute Gasteiger partial charge is 0.486 e. The fourth-order valence-corrected chi connectivity index (χ4v) is 6.58. The van der Waals surface area contributed by atoms with Crippen LogP contribution in [0.4, 0.5) is 0 Å². The van der Waals surface area contributed by atoms with Gasteiger partial charge in [-0.25, -0.2) is 4.98 Å².